The zero-order valence-corrected chi connectivity index (χ0v) is 13.8. The first-order valence-corrected chi connectivity index (χ1v) is 8.08. The highest BCUT2D eigenvalue weighted by atomic mass is 16.5. The maximum atomic E-state index is 5.79. The second-order valence-corrected chi connectivity index (χ2v) is 6.13. The summed E-state index contributed by atoms with van der Waals surface area (Å²) in [5, 5.41) is 0. The number of hydrogen-bond acceptors (Lipinski definition) is 1. The SMILES string of the molecule is C/C=C\C(=C/C)c1cccc(C2=CC3C(C)C3C=C2)c1OC. The van der Waals surface area contributed by atoms with Crippen molar-refractivity contribution in [2.24, 2.45) is 17.8 Å². The Morgan fingerprint density at radius 1 is 1.18 bits per heavy atom. The minimum atomic E-state index is 0.713. The molecule has 22 heavy (non-hydrogen) atoms. The van der Waals surface area contributed by atoms with Gasteiger partial charge in [0.05, 0.1) is 7.11 Å². The summed E-state index contributed by atoms with van der Waals surface area (Å²) in [4.78, 5) is 0. The molecule has 0 radical (unpaired) electrons. The lowest BCUT2D eigenvalue weighted by atomic mass is 9.94. The van der Waals surface area contributed by atoms with Crippen LogP contribution in [0.5, 0.6) is 5.75 Å². The molecular formula is C21H24O. The van der Waals surface area contributed by atoms with Gasteiger partial charge in [0, 0.05) is 11.1 Å². The van der Waals surface area contributed by atoms with Gasteiger partial charge in [-0.05, 0) is 42.7 Å². The summed E-state index contributed by atoms with van der Waals surface area (Å²) in [7, 11) is 1.76. The van der Waals surface area contributed by atoms with Crippen LogP contribution in [0.1, 0.15) is 31.9 Å². The molecule has 2 aliphatic carbocycles. The Kier molecular flexibility index (Phi) is 4.06. The van der Waals surface area contributed by atoms with E-state index in [1.165, 1.54) is 16.7 Å². The van der Waals surface area contributed by atoms with Crippen LogP contribution in [0.2, 0.25) is 0 Å². The van der Waals surface area contributed by atoms with Gasteiger partial charge in [-0.3, -0.25) is 0 Å². The molecule has 0 aromatic heterocycles. The molecule has 1 heteroatoms. The molecule has 3 rings (SSSR count). The fourth-order valence-electron chi connectivity index (χ4n) is 3.48. The van der Waals surface area contributed by atoms with E-state index < -0.39 is 0 Å². The van der Waals surface area contributed by atoms with E-state index >= 15 is 0 Å². The number of hydrogen-bond donors (Lipinski definition) is 0. The van der Waals surface area contributed by atoms with Gasteiger partial charge in [-0.2, -0.15) is 0 Å². The summed E-state index contributed by atoms with van der Waals surface area (Å²) in [6.45, 7) is 6.44. The molecule has 3 atom stereocenters. The first kappa shape index (κ1) is 14.9. The quantitative estimate of drug-likeness (QED) is 0.665. The van der Waals surface area contributed by atoms with Crippen molar-refractivity contribution in [3.8, 4) is 5.75 Å². The molecule has 1 nitrogen and oxygen atoms in total. The summed E-state index contributed by atoms with van der Waals surface area (Å²) in [6.07, 6.45) is 13.4. The van der Waals surface area contributed by atoms with Gasteiger partial charge in [0.2, 0.25) is 0 Å². The van der Waals surface area contributed by atoms with Crippen LogP contribution < -0.4 is 4.74 Å². The van der Waals surface area contributed by atoms with Gasteiger partial charge in [0.15, 0.2) is 0 Å². The van der Waals surface area contributed by atoms with Gasteiger partial charge < -0.3 is 4.74 Å². The molecule has 0 bridgehead atoms. The highest BCUT2D eigenvalue weighted by Crippen LogP contribution is 2.52. The van der Waals surface area contributed by atoms with Crippen LogP contribution >= 0.6 is 0 Å². The third-order valence-electron chi connectivity index (χ3n) is 4.89. The van der Waals surface area contributed by atoms with Crippen LogP contribution in [0, 0.1) is 17.8 Å². The number of methoxy groups -OCH3 is 1. The molecule has 0 spiro atoms. The molecule has 0 heterocycles. The lowest BCUT2D eigenvalue weighted by Crippen LogP contribution is -1.97. The standard InChI is InChI=1S/C21H24O/c1-5-8-15(6-2)18-9-7-10-19(21(18)22-4)16-11-12-17-14(3)20(17)13-16/h5-14,17,20H,1-4H3/b8-5-,15-6+. The number of allylic oxidation sites excluding steroid dienone is 8. The normalized spacial score (nSPS) is 26.8. The molecule has 0 aliphatic heterocycles. The van der Waals surface area contributed by atoms with Crippen LogP contribution in [0.25, 0.3) is 11.1 Å². The molecule has 2 aliphatic rings. The van der Waals surface area contributed by atoms with Crippen molar-refractivity contribution in [3.05, 3.63) is 65.8 Å². The van der Waals surface area contributed by atoms with Crippen LogP contribution in [0.15, 0.2) is 54.7 Å². The second kappa shape index (κ2) is 6.00. The molecule has 1 aromatic carbocycles. The Labute approximate surface area is 133 Å². The van der Waals surface area contributed by atoms with Gasteiger partial charge in [0.25, 0.3) is 0 Å². The van der Waals surface area contributed by atoms with Crippen molar-refractivity contribution in [1.29, 1.82) is 0 Å². The summed E-state index contributed by atoms with van der Waals surface area (Å²) >= 11 is 0. The van der Waals surface area contributed by atoms with Crippen molar-refractivity contribution in [3.63, 3.8) is 0 Å². The van der Waals surface area contributed by atoms with E-state index in [1.54, 1.807) is 7.11 Å². The van der Waals surface area contributed by atoms with Crippen LogP contribution in [0.4, 0.5) is 0 Å². The van der Waals surface area contributed by atoms with E-state index in [2.05, 4.69) is 68.5 Å². The van der Waals surface area contributed by atoms with Crippen LogP contribution in [-0.2, 0) is 0 Å². The topological polar surface area (TPSA) is 9.23 Å². The Morgan fingerprint density at radius 3 is 2.64 bits per heavy atom. The van der Waals surface area contributed by atoms with E-state index in [9.17, 15) is 0 Å². The zero-order valence-electron chi connectivity index (χ0n) is 13.8. The fourth-order valence-corrected chi connectivity index (χ4v) is 3.48. The number of ether oxygens (including phenoxy) is 1. The van der Waals surface area contributed by atoms with E-state index in [0.717, 1.165) is 23.1 Å². The first-order chi connectivity index (χ1) is 10.7. The van der Waals surface area contributed by atoms with Crippen molar-refractivity contribution < 1.29 is 4.74 Å². The summed E-state index contributed by atoms with van der Waals surface area (Å²) in [5.74, 6) is 3.23. The molecule has 0 N–H and O–H groups in total. The van der Waals surface area contributed by atoms with Gasteiger partial charge in [-0.1, -0.05) is 61.6 Å². The molecule has 114 valence electrons. The fraction of sp³-hybridized carbons (Fsp3) is 0.333. The molecule has 1 saturated carbocycles. The highest BCUT2D eigenvalue weighted by molar-refractivity contribution is 5.86. The van der Waals surface area contributed by atoms with E-state index in [0.29, 0.717) is 5.92 Å². The summed E-state index contributed by atoms with van der Waals surface area (Å²) < 4.78 is 5.79. The third-order valence-corrected chi connectivity index (χ3v) is 4.89. The number of rotatable bonds is 4. The third kappa shape index (κ3) is 2.45. The van der Waals surface area contributed by atoms with Gasteiger partial charge in [0.1, 0.15) is 5.75 Å². The zero-order chi connectivity index (χ0) is 15.7. The minimum Gasteiger partial charge on any atom is -0.495 e. The van der Waals surface area contributed by atoms with Gasteiger partial charge in [-0.25, -0.2) is 0 Å². The molecule has 0 amide bonds. The summed E-state index contributed by atoms with van der Waals surface area (Å²) in [5.41, 5.74) is 4.83. The minimum absolute atomic E-state index is 0.713. The monoisotopic (exact) mass is 292 g/mol. The number of benzene rings is 1. The predicted octanol–water partition coefficient (Wildman–Crippen LogP) is 5.51. The first-order valence-electron chi connectivity index (χ1n) is 8.08. The van der Waals surface area contributed by atoms with Crippen LogP contribution in [-0.4, -0.2) is 7.11 Å². The van der Waals surface area contributed by atoms with E-state index in [1.807, 2.05) is 6.92 Å². The Balaban J connectivity index is 2.06. The van der Waals surface area contributed by atoms with Crippen molar-refractivity contribution in [2.45, 2.75) is 20.8 Å². The van der Waals surface area contributed by atoms with E-state index in [4.69, 9.17) is 4.74 Å². The van der Waals surface area contributed by atoms with Gasteiger partial charge >= 0.3 is 0 Å². The maximum Gasteiger partial charge on any atom is 0.134 e. The number of para-hydroxylation sites is 1. The molecule has 1 fully saturated rings. The van der Waals surface area contributed by atoms with Crippen LogP contribution in [0.3, 0.4) is 0 Å². The summed E-state index contributed by atoms with van der Waals surface area (Å²) in [6, 6.07) is 6.42. The lowest BCUT2D eigenvalue weighted by molar-refractivity contribution is 0.412. The molecule has 0 saturated heterocycles. The molecular weight excluding hydrogens is 268 g/mol. The maximum absolute atomic E-state index is 5.79. The molecule has 1 aromatic rings. The van der Waals surface area contributed by atoms with Crippen molar-refractivity contribution >= 4 is 11.1 Å². The average Bonchev–Trinajstić information content (AvgIpc) is 3.21. The Hall–Kier alpha value is -2.02. The predicted molar refractivity (Wildman–Crippen MR) is 94.7 cm³/mol. The average molecular weight is 292 g/mol. The smallest absolute Gasteiger partial charge is 0.134 e. The second-order valence-electron chi connectivity index (χ2n) is 6.13. The highest BCUT2D eigenvalue weighted by Gasteiger charge is 2.44. The lowest BCUT2D eigenvalue weighted by Gasteiger charge is -2.16. The van der Waals surface area contributed by atoms with E-state index in [-0.39, 0.29) is 0 Å². The Bertz CT molecular complexity index is 688. The largest absolute Gasteiger partial charge is 0.495 e. The Morgan fingerprint density at radius 2 is 2.00 bits per heavy atom. The van der Waals surface area contributed by atoms with Crippen molar-refractivity contribution in [1.82, 2.24) is 0 Å². The molecule has 3 unspecified atom stereocenters. The van der Waals surface area contributed by atoms with Crippen molar-refractivity contribution in [2.75, 3.05) is 7.11 Å². The number of fused-ring (bicyclic) bond motifs is 1. The van der Waals surface area contributed by atoms with Gasteiger partial charge in [-0.15, -0.1) is 0 Å².